The first-order chi connectivity index (χ1) is 6.59. The van der Waals surface area contributed by atoms with Crippen LogP contribution in [0, 0.1) is 0 Å². The number of anilines is 2. The van der Waals surface area contributed by atoms with Gasteiger partial charge in [-0.1, -0.05) is 0 Å². The zero-order valence-electron chi connectivity index (χ0n) is 7.95. The van der Waals surface area contributed by atoms with Gasteiger partial charge in [-0.05, 0) is 18.1 Å². The van der Waals surface area contributed by atoms with E-state index in [2.05, 4.69) is 0 Å². The number of aromatic hydroxyl groups is 1. The van der Waals surface area contributed by atoms with Crippen LogP contribution in [-0.4, -0.2) is 18.1 Å². The highest BCUT2D eigenvalue weighted by molar-refractivity contribution is 5.98. The quantitative estimate of drug-likeness (QED) is 0.600. The van der Waals surface area contributed by atoms with Gasteiger partial charge in [0.15, 0.2) is 0 Å². The average molecular weight is 192 g/mol. The van der Waals surface area contributed by atoms with Gasteiger partial charge >= 0.3 is 0 Å². The summed E-state index contributed by atoms with van der Waals surface area (Å²) in [6.07, 6.45) is 1.13. The van der Waals surface area contributed by atoms with Gasteiger partial charge in [-0.15, -0.1) is 0 Å². The predicted molar refractivity (Wildman–Crippen MR) is 54.3 cm³/mol. The van der Waals surface area contributed by atoms with E-state index in [1.807, 2.05) is 0 Å². The fraction of sp³-hybridized carbons (Fsp3) is 0.300. The van der Waals surface area contributed by atoms with Crippen LogP contribution < -0.4 is 10.6 Å². The third-order valence-electron chi connectivity index (χ3n) is 2.51. The number of aryl methyl sites for hydroxylation is 1. The van der Waals surface area contributed by atoms with Gasteiger partial charge in [0.05, 0.1) is 5.69 Å². The molecular formula is C10H12N2O2. The Kier molecular flexibility index (Phi) is 1.84. The molecular weight excluding hydrogens is 180 g/mol. The molecule has 0 bridgehead atoms. The molecule has 14 heavy (non-hydrogen) atoms. The zero-order valence-corrected chi connectivity index (χ0v) is 7.95. The summed E-state index contributed by atoms with van der Waals surface area (Å²) in [7, 11) is 1.66. The summed E-state index contributed by atoms with van der Waals surface area (Å²) in [4.78, 5) is 12.9. The van der Waals surface area contributed by atoms with E-state index in [0.717, 1.165) is 5.56 Å². The van der Waals surface area contributed by atoms with Crippen LogP contribution in [0.2, 0.25) is 0 Å². The van der Waals surface area contributed by atoms with Gasteiger partial charge in [0.1, 0.15) is 5.75 Å². The lowest BCUT2D eigenvalue weighted by atomic mass is 10.0. The normalized spacial score (nSPS) is 15.5. The molecule has 0 unspecified atom stereocenters. The highest BCUT2D eigenvalue weighted by Gasteiger charge is 2.23. The molecule has 0 spiro atoms. The molecule has 1 amide bonds. The number of nitrogen functional groups attached to an aromatic ring is 1. The maximum absolute atomic E-state index is 11.4. The Morgan fingerprint density at radius 1 is 1.43 bits per heavy atom. The number of fused-ring (bicyclic) bond motifs is 1. The first-order valence-corrected chi connectivity index (χ1v) is 4.47. The molecule has 74 valence electrons. The molecule has 0 atom stereocenters. The number of hydrogen-bond acceptors (Lipinski definition) is 3. The Hall–Kier alpha value is -1.71. The Morgan fingerprint density at radius 3 is 2.86 bits per heavy atom. The molecule has 1 aromatic rings. The van der Waals surface area contributed by atoms with Crippen molar-refractivity contribution in [3.63, 3.8) is 0 Å². The second kappa shape index (κ2) is 2.90. The molecule has 0 aliphatic carbocycles. The summed E-state index contributed by atoms with van der Waals surface area (Å²) in [5.41, 5.74) is 7.66. The maximum atomic E-state index is 11.4. The van der Waals surface area contributed by atoms with Crippen LogP contribution in [0.3, 0.4) is 0 Å². The number of phenolic OH excluding ortho intramolecular Hbond substituents is 1. The molecule has 0 radical (unpaired) electrons. The molecule has 4 heteroatoms. The van der Waals surface area contributed by atoms with Gasteiger partial charge in [0, 0.05) is 25.2 Å². The number of amides is 1. The van der Waals surface area contributed by atoms with Crippen LogP contribution in [0.4, 0.5) is 11.4 Å². The Labute approximate surface area is 81.9 Å². The van der Waals surface area contributed by atoms with Crippen LogP contribution in [0.5, 0.6) is 5.75 Å². The van der Waals surface area contributed by atoms with Crippen molar-refractivity contribution in [2.45, 2.75) is 12.8 Å². The van der Waals surface area contributed by atoms with Crippen molar-refractivity contribution < 1.29 is 9.90 Å². The van der Waals surface area contributed by atoms with E-state index in [0.29, 0.717) is 24.2 Å². The molecule has 1 heterocycles. The minimum absolute atomic E-state index is 0.0255. The monoisotopic (exact) mass is 192 g/mol. The van der Waals surface area contributed by atoms with Crippen LogP contribution >= 0.6 is 0 Å². The van der Waals surface area contributed by atoms with Gasteiger partial charge in [0.25, 0.3) is 0 Å². The topological polar surface area (TPSA) is 66.6 Å². The number of benzene rings is 1. The van der Waals surface area contributed by atoms with Crippen LogP contribution in [-0.2, 0) is 11.2 Å². The molecule has 1 aliphatic rings. The van der Waals surface area contributed by atoms with Crippen LogP contribution in [0.15, 0.2) is 12.1 Å². The molecule has 4 nitrogen and oxygen atoms in total. The third-order valence-corrected chi connectivity index (χ3v) is 2.51. The maximum Gasteiger partial charge on any atom is 0.227 e. The van der Waals surface area contributed by atoms with Gasteiger partial charge in [0.2, 0.25) is 5.91 Å². The lowest BCUT2D eigenvalue weighted by Crippen LogP contribution is -2.31. The average Bonchev–Trinajstić information content (AvgIpc) is 2.10. The number of phenols is 1. The van der Waals surface area contributed by atoms with Crippen molar-refractivity contribution >= 4 is 17.3 Å². The van der Waals surface area contributed by atoms with E-state index in [4.69, 9.17) is 5.73 Å². The van der Waals surface area contributed by atoms with Gasteiger partial charge in [-0.25, -0.2) is 0 Å². The fourth-order valence-corrected chi connectivity index (χ4v) is 1.81. The number of nitrogens with zero attached hydrogens (tertiary/aromatic N) is 1. The number of rotatable bonds is 0. The molecule has 3 N–H and O–H groups in total. The molecule has 2 rings (SSSR count). The highest BCUT2D eigenvalue weighted by atomic mass is 16.3. The van der Waals surface area contributed by atoms with Crippen molar-refractivity contribution in [2.24, 2.45) is 0 Å². The first kappa shape index (κ1) is 8.87. The van der Waals surface area contributed by atoms with Crippen LogP contribution in [0.1, 0.15) is 12.0 Å². The number of carbonyl (C=O) groups is 1. The third kappa shape index (κ3) is 1.19. The second-order valence-corrected chi connectivity index (χ2v) is 3.50. The lowest BCUT2D eigenvalue weighted by molar-refractivity contribution is -0.118. The predicted octanol–water partition coefficient (Wildman–Crippen LogP) is 0.883. The van der Waals surface area contributed by atoms with Crippen molar-refractivity contribution in [3.8, 4) is 5.75 Å². The van der Waals surface area contributed by atoms with Crippen LogP contribution in [0.25, 0.3) is 0 Å². The van der Waals surface area contributed by atoms with Crippen molar-refractivity contribution in [1.82, 2.24) is 0 Å². The van der Waals surface area contributed by atoms with E-state index < -0.39 is 0 Å². The summed E-state index contributed by atoms with van der Waals surface area (Å²) in [5.74, 6) is 0.105. The standard InChI is InChI=1S/C10H12N2O2/c1-12-9(14)3-2-6-4-7(11)5-8(13)10(6)12/h4-5,13H,2-3,11H2,1H3. The van der Waals surface area contributed by atoms with E-state index in [1.165, 1.54) is 11.0 Å². The van der Waals surface area contributed by atoms with Gasteiger partial charge < -0.3 is 15.7 Å². The van der Waals surface area contributed by atoms with E-state index in [-0.39, 0.29) is 11.7 Å². The fourth-order valence-electron chi connectivity index (χ4n) is 1.81. The van der Waals surface area contributed by atoms with Crippen molar-refractivity contribution in [1.29, 1.82) is 0 Å². The minimum atomic E-state index is 0.0255. The number of hydrogen-bond donors (Lipinski definition) is 2. The summed E-state index contributed by atoms with van der Waals surface area (Å²) < 4.78 is 0. The summed E-state index contributed by atoms with van der Waals surface area (Å²) in [6, 6.07) is 3.27. The Bertz CT molecular complexity index is 401. The van der Waals surface area contributed by atoms with Crippen molar-refractivity contribution in [3.05, 3.63) is 17.7 Å². The number of carbonyl (C=O) groups excluding carboxylic acids is 1. The Balaban J connectivity index is 2.60. The first-order valence-electron chi connectivity index (χ1n) is 4.47. The molecule has 0 saturated heterocycles. The van der Waals surface area contributed by atoms with Gasteiger partial charge in [-0.2, -0.15) is 0 Å². The highest BCUT2D eigenvalue weighted by Crippen LogP contribution is 2.36. The zero-order chi connectivity index (χ0) is 10.3. The summed E-state index contributed by atoms with van der Waals surface area (Å²) in [5, 5.41) is 9.65. The van der Waals surface area contributed by atoms with E-state index in [1.54, 1.807) is 13.1 Å². The SMILES string of the molecule is CN1C(=O)CCc2cc(N)cc(O)c21. The van der Waals surface area contributed by atoms with Gasteiger partial charge in [-0.3, -0.25) is 4.79 Å². The van der Waals surface area contributed by atoms with E-state index in [9.17, 15) is 9.90 Å². The molecule has 0 fully saturated rings. The lowest BCUT2D eigenvalue weighted by Gasteiger charge is -2.26. The van der Waals surface area contributed by atoms with Crippen molar-refractivity contribution in [2.75, 3.05) is 17.7 Å². The minimum Gasteiger partial charge on any atom is -0.506 e. The molecule has 0 aromatic heterocycles. The summed E-state index contributed by atoms with van der Waals surface area (Å²) >= 11 is 0. The number of nitrogens with two attached hydrogens (primary N) is 1. The summed E-state index contributed by atoms with van der Waals surface area (Å²) in [6.45, 7) is 0. The van der Waals surface area contributed by atoms with E-state index >= 15 is 0 Å². The smallest absolute Gasteiger partial charge is 0.227 e. The second-order valence-electron chi connectivity index (χ2n) is 3.50. The molecule has 1 aliphatic heterocycles. The molecule has 1 aromatic carbocycles. The molecule has 0 saturated carbocycles. The largest absolute Gasteiger partial charge is 0.506 e. The Morgan fingerprint density at radius 2 is 2.14 bits per heavy atom.